The molecule has 0 aromatic heterocycles. The van der Waals surface area contributed by atoms with E-state index in [1.807, 2.05) is 45.0 Å². The van der Waals surface area contributed by atoms with Gasteiger partial charge in [0.2, 0.25) is 0 Å². The third-order valence-corrected chi connectivity index (χ3v) is 6.17. The molecule has 170 valence electrons. The molecule has 1 fully saturated rings. The van der Waals surface area contributed by atoms with Gasteiger partial charge < -0.3 is 24.7 Å². The second-order valence-corrected chi connectivity index (χ2v) is 9.02. The SMILES string of the molecule is COc1cc([C@H]2C(=C(O)c3cc(C)ccc3C)C(=O)C(=O)N2CCN(C)C)cc(Br)c1O. The molecule has 0 spiro atoms. The predicted molar refractivity (Wildman–Crippen MR) is 126 cm³/mol. The van der Waals surface area contributed by atoms with Gasteiger partial charge in [0.1, 0.15) is 5.76 Å². The fourth-order valence-electron chi connectivity index (χ4n) is 3.81. The van der Waals surface area contributed by atoms with Gasteiger partial charge >= 0.3 is 0 Å². The Balaban J connectivity index is 2.27. The molecule has 0 bridgehead atoms. The van der Waals surface area contributed by atoms with E-state index in [-0.39, 0.29) is 29.4 Å². The molecule has 1 heterocycles. The summed E-state index contributed by atoms with van der Waals surface area (Å²) in [6, 6.07) is 7.95. The standard InChI is InChI=1S/C24H27BrN2O5/c1-13-6-7-14(2)16(10-13)21(28)19-20(15-11-17(25)22(29)18(12-15)32-5)27(9-8-26(3)4)24(31)23(19)30/h6-7,10-12,20,28-29H,8-9H2,1-5H3/t20-/m0/s1. The Hall–Kier alpha value is -2.84. The fourth-order valence-corrected chi connectivity index (χ4v) is 4.27. The Morgan fingerprint density at radius 2 is 1.88 bits per heavy atom. The van der Waals surface area contributed by atoms with Crippen molar-refractivity contribution in [2.45, 2.75) is 19.9 Å². The zero-order valence-corrected chi connectivity index (χ0v) is 20.4. The molecule has 0 radical (unpaired) electrons. The van der Waals surface area contributed by atoms with Crippen molar-refractivity contribution >= 4 is 33.4 Å². The summed E-state index contributed by atoms with van der Waals surface area (Å²) >= 11 is 3.32. The van der Waals surface area contributed by atoms with Crippen LogP contribution in [0.25, 0.3) is 5.76 Å². The van der Waals surface area contributed by atoms with Crippen molar-refractivity contribution in [3.8, 4) is 11.5 Å². The summed E-state index contributed by atoms with van der Waals surface area (Å²) in [6.07, 6.45) is 0. The number of hydrogen-bond donors (Lipinski definition) is 2. The Morgan fingerprint density at radius 1 is 1.19 bits per heavy atom. The number of ketones is 1. The van der Waals surface area contributed by atoms with Crippen molar-refractivity contribution in [2.75, 3.05) is 34.3 Å². The van der Waals surface area contributed by atoms with E-state index in [9.17, 15) is 19.8 Å². The van der Waals surface area contributed by atoms with Gasteiger partial charge in [0.25, 0.3) is 11.7 Å². The number of phenolic OH excluding ortho intramolecular Hbond substituents is 1. The zero-order chi connectivity index (χ0) is 23.7. The number of halogens is 1. The van der Waals surface area contributed by atoms with Crippen molar-refractivity contribution in [2.24, 2.45) is 0 Å². The number of aliphatic hydroxyl groups is 1. The van der Waals surface area contributed by atoms with Crippen molar-refractivity contribution in [3.05, 3.63) is 62.6 Å². The molecular formula is C24H27BrN2O5. The third-order valence-electron chi connectivity index (χ3n) is 5.56. The first-order chi connectivity index (χ1) is 15.1. The van der Waals surface area contributed by atoms with Gasteiger partial charge in [-0.05, 0) is 73.2 Å². The summed E-state index contributed by atoms with van der Waals surface area (Å²) in [5.74, 6) is -1.53. The first-order valence-corrected chi connectivity index (χ1v) is 10.9. The van der Waals surface area contributed by atoms with E-state index in [4.69, 9.17) is 4.74 Å². The van der Waals surface area contributed by atoms with Crippen LogP contribution in [0.4, 0.5) is 0 Å². The first kappa shape index (κ1) is 23.8. The highest BCUT2D eigenvalue weighted by Gasteiger charge is 2.46. The molecule has 1 amide bonds. The normalized spacial score (nSPS) is 18.0. The van der Waals surface area contributed by atoms with Gasteiger partial charge in [-0.15, -0.1) is 0 Å². The number of ether oxygens (including phenoxy) is 1. The Bertz CT molecular complexity index is 1110. The summed E-state index contributed by atoms with van der Waals surface area (Å²) in [7, 11) is 5.17. The van der Waals surface area contributed by atoms with Crippen LogP contribution in [0.2, 0.25) is 0 Å². The van der Waals surface area contributed by atoms with Crippen LogP contribution >= 0.6 is 15.9 Å². The van der Waals surface area contributed by atoms with Crippen LogP contribution in [0, 0.1) is 13.8 Å². The van der Waals surface area contributed by atoms with Crippen molar-refractivity contribution in [1.29, 1.82) is 0 Å². The van der Waals surface area contributed by atoms with Crippen molar-refractivity contribution in [3.63, 3.8) is 0 Å². The highest BCUT2D eigenvalue weighted by Crippen LogP contribution is 2.44. The smallest absolute Gasteiger partial charge is 0.295 e. The van der Waals surface area contributed by atoms with Crippen LogP contribution < -0.4 is 4.74 Å². The summed E-state index contributed by atoms with van der Waals surface area (Å²) in [6.45, 7) is 4.55. The number of aryl methyl sites for hydroxylation is 2. The molecule has 1 saturated heterocycles. The number of methoxy groups -OCH3 is 1. The molecule has 2 aromatic carbocycles. The maximum atomic E-state index is 13.1. The number of aromatic hydroxyl groups is 1. The topological polar surface area (TPSA) is 90.3 Å². The molecule has 1 aliphatic rings. The quantitative estimate of drug-likeness (QED) is 0.355. The van der Waals surface area contributed by atoms with E-state index in [0.29, 0.717) is 22.1 Å². The van der Waals surface area contributed by atoms with Gasteiger partial charge in [-0.3, -0.25) is 9.59 Å². The van der Waals surface area contributed by atoms with E-state index in [1.165, 1.54) is 12.0 Å². The number of likely N-dealkylation sites (N-methyl/N-ethyl adjacent to an activating group) is 1. The monoisotopic (exact) mass is 502 g/mol. The third kappa shape index (κ3) is 4.38. The molecule has 2 aromatic rings. The summed E-state index contributed by atoms with van der Waals surface area (Å²) in [5, 5.41) is 21.5. The van der Waals surface area contributed by atoms with Gasteiger partial charge in [0.05, 0.1) is 23.2 Å². The lowest BCUT2D eigenvalue weighted by molar-refractivity contribution is -0.140. The van der Waals surface area contributed by atoms with Crippen LogP contribution in [0.3, 0.4) is 0 Å². The predicted octanol–water partition coefficient (Wildman–Crippen LogP) is 3.76. The minimum absolute atomic E-state index is 0.0158. The Labute approximate surface area is 196 Å². The van der Waals surface area contributed by atoms with Crippen molar-refractivity contribution < 1.29 is 24.5 Å². The van der Waals surface area contributed by atoms with Gasteiger partial charge in [-0.1, -0.05) is 17.7 Å². The van der Waals surface area contributed by atoms with E-state index in [0.717, 1.165) is 11.1 Å². The van der Waals surface area contributed by atoms with Crippen LogP contribution in [-0.4, -0.2) is 66.0 Å². The van der Waals surface area contributed by atoms with Gasteiger partial charge in [0.15, 0.2) is 11.5 Å². The van der Waals surface area contributed by atoms with Crippen LogP contribution in [0.1, 0.15) is 28.3 Å². The molecule has 1 aliphatic heterocycles. The van der Waals surface area contributed by atoms with Gasteiger partial charge in [-0.2, -0.15) is 0 Å². The molecule has 0 aliphatic carbocycles. The van der Waals surface area contributed by atoms with E-state index >= 15 is 0 Å². The number of rotatable bonds is 6. The molecule has 3 rings (SSSR count). The summed E-state index contributed by atoms with van der Waals surface area (Å²) < 4.78 is 5.63. The second kappa shape index (κ2) is 9.34. The lowest BCUT2D eigenvalue weighted by Gasteiger charge is -2.27. The minimum Gasteiger partial charge on any atom is -0.507 e. The average Bonchev–Trinajstić information content (AvgIpc) is 3.00. The van der Waals surface area contributed by atoms with Crippen LogP contribution in [-0.2, 0) is 9.59 Å². The highest BCUT2D eigenvalue weighted by atomic mass is 79.9. The number of nitrogens with zero attached hydrogens (tertiary/aromatic N) is 2. The van der Waals surface area contributed by atoms with E-state index in [1.54, 1.807) is 18.2 Å². The molecular weight excluding hydrogens is 476 g/mol. The lowest BCUT2D eigenvalue weighted by atomic mass is 9.93. The molecule has 2 N–H and O–H groups in total. The second-order valence-electron chi connectivity index (χ2n) is 8.17. The molecule has 0 unspecified atom stereocenters. The number of likely N-dealkylation sites (tertiary alicyclic amines) is 1. The first-order valence-electron chi connectivity index (χ1n) is 10.1. The Kier molecular flexibility index (Phi) is 6.95. The number of benzene rings is 2. The Morgan fingerprint density at radius 3 is 2.50 bits per heavy atom. The molecule has 0 saturated carbocycles. The average molecular weight is 503 g/mol. The van der Waals surface area contributed by atoms with Crippen LogP contribution in [0.15, 0.2) is 40.4 Å². The maximum Gasteiger partial charge on any atom is 0.295 e. The van der Waals surface area contributed by atoms with Crippen LogP contribution in [0.5, 0.6) is 11.5 Å². The molecule has 32 heavy (non-hydrogen) atoms. The lowest BCUT2D eigenvalue weighted by Crippen LogP contribution is -2.35. The largest absolute Gasteiger partial charge is 0.507 e. The molecule has 1 atom stereocenters. The van der Waals surface area contributed by atoms with Crippen molar-refractivity contribution in [1.82, 2.24) is 9.80 Å². The van der Waals surface area contributed by atoms with Gasteiger partial charge in [-0.25, -0.2) is 0 Å². The van der Waals surface area contributed by atoms with Gasteiger partial charge in [0, 0.05) is 18.7 Å². The number of hydrogen-bond acceptors (Lipinski definition) is 6. The van der Waals surface area contributed by atoms with E-state index < -0.39 is 17.7 Å². The minimum atomic E-state index is -0.833. The fraction of sp³-hybridized carbons (Fsp3) is 0.333. The number of Topliss-reactive ketones (excluding diaryl/α,β-unsaturated/α-hetero) is 1. The number of aliphatic hydroxyl groups excluding tert-OH is 1. The molecule has 8 heteroatoms. The summed E-state index contributed by atoms with van der Waals surface area (Å²) in [4.78, 5) is 29.5. The number of phenols is 1. The number of amides is 1. The highest BCUT2D eigenvalue weighted by molar-refractivity contribution is 9.10. The van der Waals surface area contributed by atoms with E-state index in [2.05, 4.69) is 15.9 Å². The maximum absolute atomic E-state index is 13.1. The molecule has 7 nitrogen and oxygen atoms in total. The zero-order valence-electron chi connectivity index (χ0n) is 18.8. The number of carbonyl (C=O) groups excluding carboxylic acids is 2. The summed E-state index contributed by atoms with van der Waals surface area (Å²) in [5.41, 5.74) is 2.77. The number of carbonyl (C=O) groups is 2.